The van der Waals surface area contributed by atoms with Crippen LogP contribution in [0.2, 0.25) is 0 Å². The summed E-state index contributed by atoms with van der Waals surface area (Å²) >= 11 is 0. The van der Waals surface area contributed by atoms with Gasteiger partial charge in [-0.05, 0) is 57.5 Å². The molecule has 5 rings (SSSR count). The number of ether oxygens (including phenoxy) is 1. The smallest absolute Gasteiger partial charge is 0.250 e. The predicted molar refractivity (Wildman–Crippen MR) is 108 cm³/mol. The lowest BCUT2D eigenvalue weighted by Crippen LogP contribution is -2.65. The van der Waals surface area contributed by atoms with E-state index in [1.54, 1.807) is 6.92 Å². The number of hydrogen-bond donors (Lipinski definition) is 1. The molecule has 1 N–H and O–H groups in total. The molecule has 2 unspecified atom stereocenters. The lowest BCUT2D eigenvalue weighted by Gasteiger charge is -2.56. The number of para-hydroxylation sites is 1. The van der Waals surface area contributed by atoms with Crippen molar-refractivity contribution in [3.05, 3.63) is 48.1 Å². The maximum atomic E-state index is 11.1. The van der Waals surface area contributed by atoms with Crippen LogP contribution in [0, 0.1) is 12.3 Å². The zero-order valence-corrected chi connectivity index (χ0v) is 15.0. The van der Waals surface area contributed by atoms with E-state index in [0.29, 0.717) is 18.3 Å². The third-order valence-electron chi connectivity index (χ3n) is 5.75. The van der Waals surface area contributed by atoms with Gasteiger partial charge in [0.25, 0.3) is 0 Å². The van der Waals surface area contributed by atoms with Crippen LogP contribution in [0.3, 0.4) is 0 Å². The summed E-state index contributed by atoms with van der Waals surface area (Å²) in [5.74, 6) is 2.00. The highest BCUT2D eigenvalue weighted by molar-refractivity contribution is 5.75. The molecule has 3 aliphatic heterocycles. The van der Waals surface area contributed by atoms with Crippen LogP contribution in [0.4, 0.5) is 0 Å². The molecule has 1 aromatic carbocycles. The molecule has 3 saturated heterocycles. The van der Waals surface area contributed by atoms with Crippen LogP contribution in [-0.4, -0.2) is 60.4 Å². The van der Waals surface area contributed by atoms with Crippen molar-refractivity contribution in [1.29, 1.82) is 0 Å². The van der Waals surface area contributed by atoms with Gasteiger partial charge in [0.15, 0.2) is 5.82 Å². The highest BCUT2D eigenvalue weighted by atomic mass is 16.5. The van der Waals surface area contributed by atoms with Crippen molar-refractivity contribution in [2.75, 3.05) is 19.7 Å². The first-order valence-electron chi connectivity index (χ1n) is 9.23. The van der Waals surface area contributed by atoms with Gasteiger partial charge < -0.3 is 14.4 Å². The Morgan fingerprint density at radius 3 is 2.70 bits per heavy atom. The van der Waals surface area contributed by atoms with Crippen LogP contribution in [0.15, 0.2) is 40.9 Å². The summed E-state index contributed by atoms with van der Waals surface area (Å²) in [6.45, 7) is 4.33. The Morgan fingerprint density at radius 2 is 2.04 bits per heavy atom. The normalized spacial score (nSPS) is 29.6. The number of allylic oxidation sites excluding steroid dienone is 1. The van der Waals surface area contributed by atoms with Crippen LogP contribution < -0.4 is 4.74 Å². The number of nitrogens with zero attached hydrogens (tertiary/aromatic N) is 3. The van der Waals surface area contributed by atoms with Gasteiger partial charge in [-0.1, -0.05) is 29.4 Å². The number of hydrogen-bond acceptors (Lipinski definition) is 6. The second-order valence-corrected chi connectivity index (χ2v) is 7.32. The van der Waals surface area contributed by atoms with E-state index in [2.05, 4.69) is 21.1 Å². The topological polar surface area (TPSA) is 71.6 Å². The summed E-state index contributed by atoms with van der Waals surface area (Å²) < 4.78 is 11.1. The fraction of sp³-hybridized carbons (Fsp3) is 0.500. The van der Waals surface area contributed by atoms with Gasteiger partial charge in [0.05, 0.1) is 20.6 Å². The second-order valence-electron chi connectivity index (χ2n) is 7.32. The van der Waals surface area contributed by atoms with Crippen LogP contribution in [0.5, 0.6) is 5.75 Å². The molecule has 27 heavy (non-hydrogen) atoms. The van der Waals surface area contributed by atoms with Crippen molar-refractivity contribution < 1.29 is 14.4 Å². The maximum absolute atomic E-state index is 11.1. The lowest BCUT2D eigenvalue weighted by molar-refractivity contribution is -0.140. The van der Waals surface area contributed by atoms with Crippen molar-refractivity contribution in [1.82, 2.24) is 15.0 Å². The number of aliphatic hydroxyl groups excluding tert-OH is 1. The number of fused-ring (bicyclic) bond motifs is 3. The molecule has 2 atom stereocenters. The Bertz CT molecular complexity index is 757. The standard InChI is InChI=1S/C20H25N3O3.BH3/c1-15-21-18(26-22-15)8-5-9-20-10-12-23(13-11-20)17(19(20)24)14-25-16-6-3-2-4-7-16;/h2-8,17,19,24H,9-14H2,1H3;1H3. The predicted octanol–water partition coefficient (Wildman–Crippen LogP) is 1.50. The van der Waals surface area contributed by atoms with Crippen molar-refractivity contribution in [3.8, 4) is 5.75 Å². The van der Waals surface area contributed by atoms with Crippen molar-refractivity contribution >= 4 is 14.5 Å². The Labute approximate surface area is 161 Å². The van der Waals surface area contributed by atoms with Gasteiger partial charge in [-0.2, -0.15) is 4.98 Å². The fourth-order valence-corrected chi connectivity index (χ4v) is 4.20. The number of aromatic nitrogens is 2. The quantitative estimate of drug-likeness (QED) is 0.779. The van der Waals surface area contributed by atoms with Crippen LogP contribution in [0.1, 0.15) is 31.0 Å². The number of aryl methyl sites for hydroxylation is 1. The molecule has 0 spiro atoms. The first-order chi connectivity index (χ1) is 12.7. The summed E-state index contributed by atoms with van der Waals surface area (Å²) in [5, 5.41) is 14.9. The molecule has 6 nitrogen and oxygen atoms in total. The summed E-state index contributed by atoms with van der Waals surface area (Å²) in [4.78, 5) is 6.55. The van der Waals surface area contributed by atoms with Crippen LogP contribution in [0.25, 0.3) is 6.08 Å². The van der Waals surface area contributed by atoms with E-state index < -0.39 is 6.10 Å². The van der Waals surface area contributed by atoms with E-state index in [9.17, 15) is 5.11 Å². The summed E-state index contributed by atoms with van der Waals surface area (Å²) in [5.41, 5.74) is -0.0922. The second kappa shape index (κ2) is 8.27. The lowest BCUT2D eigenvalue weighted by atomic mass is 9.65. The van der Waals surface area contributed by atoms with E-state index in [1.807, 2.05) is 36.4 Å². The number of rotatable bonds is 6. The number of aliphatic hydroxyl groups is 1. The Hall–Kier alpha value is -2.12. The number of benzene rings is 1. The minimum absolute atomic E-state index is 0. The zero-order valence-electron chi connectivity index (χ0n) is 15.0. The van der Waals surface area contributed by atoms with Gasteiger partial charge in [-0.25, -0.2) is 0 Å². The molecule has 2 bridgehead atoms. The van der Waals surface area contributed by atoms with Gasteiger partial charge in [0, 0.05) is 5.41 Å². The zero-order chi connectivity index (χ0) is 18.0. The summed E-state index contributed by atoms with van der Waals surface area (Å²) in [7, 11) is 0. The highest BCUT2D eigenvalue weighted by Crippen LogP contribution is 2.46. The Kier molecular flexibility index (Phi) is 6.02. The van der Waals surface area contributed by atoms with Gasteiger partial charge in [-0.3, -0.25) is 4.90 Å². The first-order valence-corrected chi connectivity index (χ1v) is 9.23. The largest absolute Gasteiger partial charge is 0.492 e. The van der Waals surface area contributed by atoms with E-state index in [-0.39, 0.29) is 19.9 Å². The van der Waals surface area contributed by atoms with E-state index in [4.69, 9.17) is 9.26 Å². The van der Waals surface area contributed by atoms with Crippen LogP contribution in [-0.2, 0) is 0 Å². The average molecular weight is 369 g/mol. The summed E-state index contributed by atoms with van der Waals surface area (Å²) in [6, 6.07) is 9.84. The third-order valence-corrected chi connectivity index (χ3v) is 5.75. The van der Waals surface area contributed by atoms with Gasteiger partial charge in [0.2, 0.25) is 5.89 Å². The van der Waals surface area contributed by atoms with Crippen molar-refractivity contribution in [3.63, 3.8) is 0 Å². The molecule has 3 fully saturated rings. The Morgan fingerprint density at radius 1 is 1.30 bits per heavy atom. The van der Waals surface area contributed by atoms with Crippen molar-refractivity contribution in [2.24, 2.45) is 5.41 Å². The molecule has 7 heteroatoms. The molecular weight excluding hydrogens is 341 g/mol. The van der Waals surface area contributed by atoms with Gasteiger partial charge >= 0.3 is 0 Å². The maximum Gasteiger partial charge on any atom is 0.250 e. The third kappa shape index (κ3) is 4.09. The Balaban J connectivity index is 0.00000210. The van der Waals surface area contributed by atoms with Gasteiger partial charge in [-0.15, -0.1) is 0 Å². The molecular formula is C20H28BN3O3. The molecule has 3 aliphatic rings. The minimum Gasteiger partial charge on any atom is -0.492 e. The van der Waals surface area contributed by atoms with Crippen molar-refractivity contribution in [2.45, 2.75) is 38.3 Å². The van der Waals surface area contributed by atoms with E-state index in [1.165, 1.54) is 0 Å². The van der Waals surface area contributed by atoms with Gasteiger partial charge in [0.1, 0.15) is 12.4 Å². The number of piperidine rings is 3. The molecule has 0 saturated carbocycles. The van der Waals surface area contributed by atoms with E-state index >= 15 is 0 Å². The molecule has 4 heterocycles. The van der Waals surface area contributed by atoms with Crippen LogP contribution >= 0.6 is 0 Å². The SMILES string of the molecule is B.Cc1noc(C=CCC23CCN(CC2)C(COc2ccccc2)C3O)n1. The molecule has 0 aliphatic carbocycles. The monoisotopic (exact) mass is 369 g/mol. The molecule has 0 amide bonds. The highest BCUT2D eigenvalue weighted by Gasteiger charge is 2.51. The first kappa shape index (κ1) is 19.6. The molecule has 144 valence electrons. The minimum atomic E-state index is -0.400. The average Bonchev–Trinajstić information content (AvgIpc) is 3.08. The van der Waals surface area contributed by atoms with E-state index in [0.717, 1.165) is 38.1 Å². The molecule has 2 aromatic rings. The molecule has 1 aromatic heterocycles. The molecule has 0 radical (unpaired) electrons. The summed E-state index contributed by atoms with van der Waals surface area (Å²) in [6.07, 6.45) is 6.34. The fourth-order valence-electron chi connectivity index (χ4n) is 4.20.